The summed E-state index contributed by atoms with van der Waals surface area (Å²) in [4.78, 5) is 22.4. The molecule has 2 N–H and O–H groups in total. The number of thioether (sulfide) groups is 1. The van der Waals surface area contributed by atoms with E-state index in [-0.39, 0.29) is 5.50 Å². The second kappa shape index (κ2) is 9.39. The fraction of sp³-hybridized carbons (Fsp3) is 0.286. The molecule has 1 unspecified atom stereocenters. The van der Waals surface area contributed by atoms with Gasteiger partial charge in [0.15, 0.2) is 10.6 Å². The van der Waals surface area contributed by atoms with Crippen molar-refractivity contribution >= 4 is 51.5 Å². The van der Waals surface area contributed by atoms with Crippen LogP contribution in [0.25, 0.3) is 9.75 Å². The summed E-state index contributed by atoms with van der Waals surface area (Å²) in [7, 11) is 2.15. The van der Waals surface area contributed by atoms with Gasteiger partial charge in [-0.1, -0.05) is 47.4 Å². The van der Waals surface area contributed by atoms with Crippen molar-refractivity contribution in [1.82, 2.24) is 20.1 Å². The van der Waals surface area contributed by atoms with Crippen molar-refractivity contribution in [2.75, 3.05) is 38.5 Å². The Kier molecular flexibility index (Phi) is 6.21. The van der Waals surface area contributed by atoms with E-state index in [4.69, 9.17) is 9.98 Å². The highest BCUT2D eigenvalue weighted by molar-refractivity contribution is 8.00. The van der Waals surface area contributed by atoms with E-state index in [1.165, 1.54) is 4.88 Å². The molecule has 31 heavy (non-hydrogen) atoms. The third kappa shape index (κ3) is 5.09. The van der Waals surface area contributed by atoms with Crippen molar-refractivity contribution in [1.29, 1.82) is 0 Å². The van der Waals surface area contributed by atoms with Crippen LogP contribution in [0.5, 0.6) is 0 Å². The molecule has 3 aromatic rings. The lowest BCUT2D eigenvalue weighted by Crippen LogP contribution is -2.50. The molecule has 0 radical (unpaired) electrons. The van der Waals surface area contributed by atoms with Gasteiger partial charge in [0.25, 0.3) is 0 Å². The fourth-order valence-electron chi connectivity index (χ4n) is 3.29. The summed E-state index contributed by atoms with van der Waals surface area (Å²) in [6, 6.07) is 14.5. The van der Waals surface area contributed by atoms with Gasteiger partial charge in [0.05, 0.1) is 4.88 Å². The lowest BCUT2D eigenvalue weighted by molar-refractivity contribution is 0.213. The van der Waals surface area contributed by atoms with Crippen LogP contribution >= 0.6 is 34.4 Å². The molecule has 0 amide bonds. The molecular weight excluding hydrogens is 446 g/mol. The summed E-state index contributed by atoms with van der Waals surface area (Å²) in [6.45, 7) is 3.87. The topological polar surface area (TPSA) is 68.2 Å². The van der Waals surface area contributed by atoms with E-state index in [0.717, 1.165) is 47.0 Å². The van der Waals surface area contributed by atoms with Gasteiger partial charge in [0, 0.05) is 42.1 Å². The number of hydrogen-bond acceptors (Lipinski definition) is 10. The van der Waals surface area contributed by atoms with Crippen LogP contribution in [0, 0.1) is 0 Å². The van der Waals surface area contributed by atoms with Gasteiger partial charge >= 0.3 is 0 Å². The van der Waals surface area contributed by atoms with Crippen LogP contribution in [-0.4, -0.2) is 65.4 Å². The van der Waals surface area contributed by atoms with Crippen molar-refractivity contribution in [2.24, 2.45) is 9.98 Å². The first-order valence-corrected chi connectivity index (χ1v) is 12.7. The first kappa shape index (κ1) is 20.5. The summed E-state index contributed by atoms with van der Waals surface area (Å²) in [5.74, 6) is 1.46. The molecule has 10 heteroatoms. The normalized spacial score (nSPS) is 19.5. The monoisotopic (exact) mass is 469 g/mol. The van der Waals surface area contributed by atoms with Crippen LogP contribution in [0.3, 0.4) is 0 Å². The molecule has 2 aliphatic heterocycles. The molecule has 1 aromatic carbocycles. The third-order valence-electron chi connectivity index (χ3n) is 4.98. The maximum absolute atomic E-state index is 4.90. The van der Waals surface area contributed by atoms with E-state index in [9.17, 15) is 0 Å². The van der Waals surface area contributed by atoms with Gasteiger partial charge in [-0.2, -0.15) is 4.99 Å². The Bertz CT molecular complexity index is 1050. The molecule has 1 atom stereocenters. The molecule has 0 bridgehead atoms. The molecule has 1 saturated heterocycles. The van der Waals surface area contributed by atoms with E-state index < -0.39 is 0 Å². The van der Waals surface area contributed by atoms with E-state index in [2.05, 4.69) is 62.1 Å². The Morgan fingerprint density at radius 2 is 1.90 bits per heavy atom. The van der Waals surface area contributed by atoms with Crippen LogP contribution in [-0.2, 0) is 0 Å². The Morgan fingerprint density at radius 3 is 2.68 bits per heavy atom. The Morgan fingerprint density at radius 1 is 1.06 bits per heavy atom. The minimum absolute atomic E-state index is 0.159. The number of piperazine rings is 1. The van der Waals surface area contributed by atoms with Crippen LogP contribution in [0.2, 0.25) is 0 Å². The number of aliphatic imine (C=N–C) groups is 2. The number of aromatic nitrogens is 1. The average molecular weight is 470 g/mol. The quantitative estimate of drug-likeness (QED) is 0.604. The van der Waals surface area contributed by atoms with Crippen LogP contribution in [0.15, 0.2) is 68.9 Å². The Hall–Kier alpha value is -2.40. The predicted molar refractivity (Wildman–Crippen MR) is 132 cm³/mol. The van der Waals surface area contributed by atoms with Crippen molar-refractivity contribution in [2.45, 2.75) is 10.4 Å². The number of likely N-dealkylation sites (N-methyl/N-ethyl adjacent to an activating group) is 1. The zero-order valence-electron chi connectivity index (χ0n) is 17.1. The smallest absolute Gasteiger partial charge is 0.226 e. The highest BCUT2D eigenvalue weighted by Crippen LogP contribution is 2.32. The maximum Gasteiger partial charge on any atom is 0.226 e. The summed E-state index contributed by atoms with van der Waals surface area (Å²) in [5, 5.41) is 9.70. The molecule has 7 nitrogen and oxygen atoms in total. The van der Waals surface area contributed by atoms with Gasteiger partial charge in [0.2, 0.25) is 11.9 Å². The van der Waals surface area contributed by atoms with Gasteiger partial charge in [-0.3, -0.25) is 0 Å². The van der Waals surface area contributed by atoms with Crippen LogP contribution in [0.4, 0.5) is 5.13 Å². The SMILES string of the molecule is CN1CCN(C2=NC(Sc3ccccc3)NC(Nc3ncc(-c4cccs4)s3)=N2)CC1. The van der Waals surface area contributed by atoms with Crippen molar-refractivity contribution in [3.63, 3.8) is 0 Å². The lowest BCUT2D eigenvalue weighted by Gasteiger charge is -2.35. The van der Waals surface area contributed by atoms with Gasteiger partial charge in [-0.15, -0.1) is 11.3 Å². The minimum atomic E-state index is -0.159. The van der Waals surface area contributed by atoms with Crippen molar-refractivity contribution in [3.8, 4) is 9.75 Å². The number of rotatable bonds is 4. The summed E-state index contributed by atoms with van der Waals surface area (Å²) >= 11 is 5.03. The number of nitrogens with one attached hydrogen (secondary N) is 2. The zero-order chi connectivity index (χ0) is 21.0. The first-order valence-electron chi connectivity index (χ1n) is 10.1. The highest BCUT2D eigenvalue weighted by Gasteiger charge is 2.24. The van der Waals surface area contributed by atoms with Gasteiger partial charge in [-0.05, 0) is 30.6 Å². The molecule has 4 heterocycles. The Labute approximate surface area is 193 Å². The number of thiazole rings is 1. The van der Waals surface area contributed by atoms with Gasteiger partial charge in [-0.25, -0.2) is 9.98 Å². The Balaban J connectivity index is 1.35. The van der Waals surface area contributed by atoms with Crippen LogP contribution in [0.1, 0.15) is 0 Å². The van der Waals surface area contributed by atoms with Crippen LogP contribution < -0.4 is 10.6 Å². The lowest BCUT2D eigenvalue weighted by atomic mass is 10.3. The maximum atomic E-state index is 4.90. The standard InChI is InChI=1S/C21H23N7S3/c1-27-9-11-28(12-10-27)19-23-18(25-21(26-19)30-15-6-3-2-4-7-15)24-20-22-14-17(31-20)16-8-5-13-29-16/h2-8,13-14,21H,9-12H2,1H3,(H2,22,23,24,25,26). The molecule has 1 fully saturated rings. The molecule has 0 aliphatic carbocycles. The number of guanidine groups is 2. The highest BCUT2D eigenvalue weighted by atomic mass is 32.2. The molecular formula is C21H23N7S3. The fourth-order valence-corrected chi connectivity index (χ4v) is 5.81. The molecule has 2 aromatic heterocycles. The summed E-state index contributed by atoms with van der Waals surface area (Å²) in [5.41, 5.74) is -0.159. The first-order chi connectivity index (χ1) is 15.2. The van der Waals surface area contributed by atoms with Crippen molar-refractivity contribution in [3.05, 3.63) is 54.0 Å². The molecule has 0 spiro atoms. The molecule has 0 saturated carbocycles. The number of thiophene rings is 1. The second-order valence-electron chi connectivity index (χ2n) is 7.24. The summed E-state index contributed by atoms with van der Waals surface area (Å²) < 4.78 is 0. The number of benzene rings is 1. The summed E-state index contributed by atoms with van der Waals surface area (Å²) in [6.07, 6.45) is 1.91. The number of hydrogen-bond donors (Lipinski definition) is 2. The minimum Gasteiger partial charge on any atom is -0.338 e. The molecule has 2 aliphatic rings. The zero-order valence-corrected chi connectivity index (χ0v) is 19.5. The third-order valence-corrected chi connectivity index (χ3v) is 7.95. The van der Waals surface area contributed by atoms with E-state index in [0.29, 0.717) is 5.96 Å². The number of anilines is 1. The average Bonchev–Trinajstić information content (AvgIpc) is 3.47. The molecule has 5 rings (SSSR count). The predicted octanol–water partition coefficient (Wildman–Crippen LogP) is 3.92. The van der Waals surface area contributed by atoms with Crippen molar-refractivity contribution < 1.29 is 0 Å². The second-order valence-corrected chi connectivity index (χ2v) is 10.4. The molecule has 160 valence electrons. The number of nitrogens with zero attached hydrogens (tertiary/aromatic N) is 5. The van der Waals surface area contributed by atoms with Gasteiger partial charge < -0.3 is 20.4 Å². The van der Waals surface area contributed by atoms with E-state index in [1.807, 2.05) is 24.4 Å². The van der Waals surface area contributed by atoms with E-state index in [1.54, 1.807) is 34.4 Å². The van der Waals surface area contributed by atoms with E-state index >= 15 is 0 Å². The van der Waals surface area contributed by atoms with Gasteiger partial charge in [0.1, 0.15) is 0 Å². The largest absolute Gasteiger partial charge is 0.338 e.